The number of anilines is 1. The third kappa shape index (κ3) is 3.98. The van der Waals surface area contributed by atoms with Gasteiger partial charge in [0.05, 0.1) is 11.0 Å². The summed E-state index contributed by atoms with van der Waals surface area (Å²) in [5.41, 5.74) is 3.48. The van der Waals surface area contributed by atoms with Gasteiger partial charge < -0.3 is 9.80 Å². The Bertz CT molecular complexity index is 1300. The second kappa shape index (κ2) is 8.86. The predicted octanol–water partition coefficient (Wildman–Crippen LogP) is 2.31. The molecule has 166 valence electrons. The van der Waals surface area contributed by atoms with Crippen LogP contribution in [0.3, 0.4) is 0 Å². The standard InChI is InChI=1S/C25H28N4O3/c1-4-11-28-20-7-5-6-8-21(20)29(25(32)24(28)31)17-23(30)27-14-12-26(13-15-27)22-16-18(2)9-10-19(22)3/h4-10,16H,1,11-15,17H2,2-3H3. The average Bonchev–Trinajstić information content (AvgIpc) is 2.81. The Morgan fingerprint density at radius 2 is 1.56 bits per heavy atom. The van der Waals surface area contributed by atoms with Crippen molar-refractivity contribution in [2.24, 2.45) is 0 Å². The minimum Gasteiger partial charge on any atom is -0.368 e. The van der Waals surface area contributed by atoms with Crippen LogP contribution in [-0.4, -0.2) is 46.1 Å². The van der Waals surface area contributed by atoms with Gasteiger partial charge >= 0.3 is 11.1 Å². The lowest BCUT2D eigenvalue weighted by atomic mass is 10.1. The Balaban J connectivity index is 1.55. The molecule has 0 aliphatic carbocycles. The van der Waals surface area contributed by atoms with Crippen LogP contribution < -0.4 is 16.0 Å². The normalized spacial score (nSPS) is 14.1. The number of aromatic nitrogens is 2. The number of nitrogens with zero attached hydrogens (tertiary/aromatic N) is 4. The highest BCUT2D eigenvalue weighted by atomic mass is 16.2. The van der Waals surface area contributed by atoms with Crippen molar-refractivity contribution >= 4 is 22.6 Å². The number of fused-ring (bicyclic) bond motifs is 1. The summed E-state index contributed by atoms with van der Waals surface area (Å²) in [4.78, 5) is 42.6. The molecule has 1 fully saturated rings. The molecule has 0 atom stereocenters. The van der Waals surface area contributed by atoms with Crippen molar-refractivity contribution in [3.05, 3.63) is 87.0 Å². The van der Waals surface area contributed by atoms with E-state index in [9.17, 15) is 14.4 Å². The van der Waals surface area contributed by atoms with E-state index in [0.717, 1.165) is 13.1 Å². The van der Waals surface area contributed by atoms with Crippen LogP contribution in [0.2, 0.25) is 0 Å². The average molecular weight is 433 g/mol. The molecule has 7 heteroatoms. The Kier molecular flexibility index (Phi) is 5.99. The zero-order valence-electron chi connectivity index (χ0n) is 18.6. The molecule has 7 nitrogen and oxygen atoms in total. The third-order valence-corrected chi connectivity index (χ3v) is 6.08. The van der Waals surface area contributed by atoms with Crippen molar-refractivity contribution in [2.75, 3.05) is 31.1 Å². The van der Waals surface area contributed by atoms with Gasteiger partial charge in [0.25, 0.3) is 0 Å². The number of allylic oxidation sites excluding steroid dienone is 1. The van der Waals surface area contributed by atoms with Gasteiger partial charge in [-0.05, 0) is 43.2 Å². The quantitative estimate of drug-likeness (QED) is 0.458. The molecular formula is C25H28N4O3. The van der Waals surface area contributed by atoms with Crippen molar-refractivity contribution < 1.29 is 4.79 Å². The molecule has 1 saturated heterocycles. The summed E-state index contributed by atoms with van der Waals surface area (Å²) < 4.78 is 2.70. The van der Waals surface area contributed by atoms with E-state index in [0.29, 0.717) is 24.1 Å². The number of para-hydroxylation sites is 2. The maximum Gasteiger partial charge on any atom is 0.317 e. The van der Waals surface area contributed by atoms with Gasteiger partial charge in [-0.3, -0.25) is 23.5 Å². The maximum atomic E-state index is 13.1. The SMILES string of the molecule is C=CCn1c(=O)c(=O)n(CC(=O)N2CCN(c3cc(C)ccc3C)CC2)c2ccccc21. The first-order valence-electron chi connectivity index (χ1n) is 10.8. The molecule has 32 heavy (non-hydrogen) atoms. The van der Waals surface area contributed by atoms with Crippen molar-refractivity contribution in [1.82, 2.24) is 14.0 Å². The highest BCUT2D eigenvalue weighted by molar-refractivity contribution is 5.80. The molecule has 0 bridgehead atoms. The number of amides is 1. The van der Waals surface area contributed by atoms with E-state index in [2.05, 4.69) is 43.5 Å². The maximum absolute atomic E-state index is 13.1. The van der Waals surface area contributed by atoms with Gasteiger partial charge in [0.2, 0.25) is 5.91 Å². The van der Waals surface area contributed by atoms with Crippen molar-refractivity contribution in [3.63, 3.8) is 0 Å². The van der Waals surface area contributed by atoms with E-state index >= 15 is 0 Å². The minimum atomic E-state index is -0.687. The number of aryl methyl sites for hydroxylation is 2. The number of benzene rings is 2. The minimum absolute atomic E-state index is 0.146. The second-order valence-corrected chi connectivity index (χ2v) is 8.24. The second-order valence-electron chi connectivity index (χ2n) is 8.24. The molecule has 2 aromatic carbocycles. The first kappa shape index (κ1) is 21.6. The number of carbonyl (C=O) groups is 1. The summed E-state index contributed by atoms with van der Waals surface area (Å²) in [6.07, 6.45) is 1.58. The molecule has 0 spiro atoms. The van der Waals surface area contributed by atoms with Crippen LogP contribution in [0.1, 0.15) is 11.1 Å². The monoisotopic (exact) mass is 432 g/mol. The van der Waals surface area contributed by atoms with Gasteiger partial charge in [-0.1, -0.05) is 30.3 Å². The van der Waals surface area contributed by atoms with E-state index in [-0.39, 0.29) is 19.0 Å². The van der Waals surface area contributed by atoms with Gasteiger partial charge in [0.15, 0.2) is 0 Å². The Hall–Kier alpha value is -3.61. The molecule has 0 unspecified atom stereocenters. The van der Waals surface area contributed by atoms with Gasteiger partial charge in [-0.15, -0.1) is 6.58 Å². The van der Waals surface area contributed by atoms with Crippen molar-refractivity contribution in [3.8, 4) is 0 Å². The van der Waals surface area contributed by atoms with E-state index in [1.54, 1.807) is 29.2 Å². The molecule has 0 N–H and O–H groups in total. The number of hydrogen-bond donors (Lipinski definition) is 0. The van der Waals surface area contributed by atoms with Gasteiger partial charge in [-0.2, -0.15) is 0 Å². The van der Waals surface area contributed by atoms with Gasteiger partial charge in [-0.25, -0.2) is 0 Å². The molecule has 1 aromatic heterocycles. The van der Waals surface area contributed by atoms with Crippen molar-refractivity contribution in [1.29, 1.82) is 0 Å². The fourth-order valence-electron chi connectivity index (χ4n) is 4.33. The first-order chi connectivity index (χ1) is 15.4. The van der Waals surface area contributed by atoms with E-state index in [4.69, 9.17) is 0 Å². The fraction of sp³-hybridized carbons (Fsp3) is 0.320. The van der Waals surface area contributed by atoms with E-state index < -0.39 is 11.1 Å². The number of rotatable bonds is 5. The molecular weight excluding hydrogens is 404 g/mol. The Morgan fingerprint density at radius 3 is 2.22 bits per heavy atom. The molecule has 1 aliphatic rings. The summed E-state index contributed by atoms with van der Waals surface area (Å²) in [7, 11) is 0. The van der Waals surface area contributed by atoms with E-state index in [1.807, 2.05) is 6.07 Å². The van der Waals surface area contributed by atoms with Crippen LogP contribution in [-0.2, 0) is 17.9 Å². The molecule has 1 amide bonds. The van der Waals surface area contributed by atoms with Crippen molar-refractivity contribution in [2.45, 2.75) is 26.9 Å². The molecule has 0 saturated carbocycles. The molecule has 4 rings (SSSR count). The Labute approximate surface area is 186 Å². The van der Waals surface area contributed by atoms with Crippen LogP contribution in [0, 0.1) is 13.8 Å². The number of piperazine rings is 1. The molecule has 1 aliphatic heterocycles. The molecule has 0 radical (unpaired) electrons. The zero-order chi connectivity index (χ0) is 22.8. The number of carbonyl (C=O) groups excluding carboxylic acids is 1. The molecule has 3 aromatic rings. The summed E-state index contributed by atoms with van der Waals surface area (Å²) in [5.74, 6) is -0.154. The summed E-state index contributed by atoms with van der Waals surface area (Å²) >= 11 is 0. The van der Waals surface area contributed by atoms with E-state index in [1.165, 1.54) is 25.9 Å². The zero-order valence-corrected chi connectivity index (χ0v) is 18.6. The fourth-order valence-corrected chi connectivity index (χ4v) is 4.33. The Morgan fingerprint density at radius 1 is 0.938 bits per heavy atom. The predicted molar refractivity (Wildman–Crippen MR) is 127 cm³/mol. The van der Waals surface area contributed by atoms with Gasteiger partial charge in [0, 0.05) is 38.4 Å². The van der Waals surface area contributed by atoms with Crippen LogP contribution in [0.5, 0.6) is 0 Å². The van der Waals surface area contributed by atoms with Crippen LogP contribution in [0.4, 0.5) is 5.69 Å². The largest absolute Gasteiger partial charge is 0.368 e. The summed E-state index contributed by atoms with van der Waals surface area (Å²) in [6, 6.07) is 13.6. The lowest BCUT2D eigenvalue weighted by Crippen LogP contribution is -2.51. The third-order valence-electron chi connectivity index (χ3n) is 6.08. The molecule has 2 heterocycles. The highest BCUT2D eigenvalue weighted by Crippen LogP contribution is 2.23. The van der Waals surface area contributed by atoms with Crippen LogP contribution in [0.15, 0.2) is 64.7 Å². The lowest BCUT2D eigenvalue weighted by Gasteiger charge is -2.37. The number of hydrogen-bond acceptors (Lipinski definition) is 4. The summed E-state index contributed by atoms with van der Waals surface area (Å²) in [6.45, 7) is 10.5. The highest BCUT2D eigenvalue weighted by Gasteiger charge is 2.24. The smallest absolute Gasteiger partial charge is 0.317 e. The summed E-state index contributed by atoms with van der Waals surface area (Å²) in [5, 5.41) is 0. The first-order valence-corrected chi connectivity index (χ1v) is 10.8. The van der Waals surface area contributed by atoms with Crippen LogP contribution in [0.25, 0.3) is 11.0 Å². The topological polar surface area (TPSA) is 67.5 Å². The van der Waals surface area contributed by atoms with Crippen LogP contribution >= 0.6 is 0 Å². The van der Waals surface area contributed by atoms with Gasteiger partial charge in [0.1, 0.15) is 6.54 Å². The lowest BCUT2D eigenvalue weighted by molar-refractivity contribution is -0.132.